The normalized spacial score (nSPS) is 13.6. The first kappa shape index (κ1) is 16.2. The third kappa shape index (κ3) is 4.40. The average Bonchev–Trinajstić information content (AvgIpc) is 2.99. The predicted molar refractivity (Wildman–Crippen MR) is 92.4 cm³/mol. The largest absolute Gasteiger partial charge is 0.323 e. The molecule has 0 aliphatic carbocycles. The summed E-state index contributed by atoms with van der Waals surface area (Å²) in [6.07, 6.45) is 0. The highest BCUT2D eigenvalue weighted by atomic mass is 32.1. The van der Waals surface area contributed by atoms with Crippen LogP contribution in [-0.2, 0) is 6.54 Å². The van der Waals surface area contributed by atoms with Crippen molar-refractivity contribution in [3.8, 4) is 0 Å². The molecule has 0 spiro atoms. The Labute approximate surface area is 132 Å². The van der Waals surface area contributed by atoms with Crippen LogP contribution in [0.5, 0.6) is 0 Å². The molecule has 1 atom stereocenters. The summed E-state index contributed by atoms with van der Waals surface area (Å²) in [5.74, 6) is 0. The Morgan fingerprint density at radius 1 is 1.14 bits per heavy atom. The molecule has 0 saturated heterocycles. The van der Waals surface area contributed by atoms with Crippen LogP contribution in [0.15, 0.2) is 47.8 Å². The third-order valence-electron chi connectivity index (χ3n) is 4.04. The molecule has 1 aromatic heterocycles. The Kier molecular flexibility index (Phi) is 5.57. The summed E-state index contributed by atoms with van der Waals surface area (Å²) in [5, 5.41) is 2.14. The molecule has 0 aliphatic rings. The quantitative estimate of drug-likeness (QED) is 0.826. The fourth-order valence-electron chi connectivity index (χ4n) is 2.69. The standard InChI is InChI=1S/C18H26N2S/c1-4-20(13-16-11-8-12-21-16)14-18(2,3)17(19)15-9-6-5-7-10-15/h5-12,17H,4,13-14,19H2,1-3H3. The second kappa shape index (κ2) is 7.21. The lowest BCUT2D eigenvalue weighted by Crippen LogP contribution is -2.40. The average molecular weight is 302 g/mol. The van der Waals surface area contributed by atoms with Gasteiger partial charge in [0.25, 0.3) is 0 Å². The summed E-state index contributed by atoms with van der Waals surface area (Å²) < 4.78 is 0. The second-order valence-electron chi connectivity index (χ2n) is 6.26. The lowest BCUT2D eigenvalue weighted by atomic mass is 9.80. The maximum atomic E-state index is 6.53. The first-order chi connectivity index (χ1) is 10.0. The van der Waals surface area contributed by atoms with Gasteiger partial charge in [-0.15, -0.1) is 11.3 Å². The van der Waals surface area contributed by atoms with Gasteiger partial charge in [-0.05, 0) is 29.0 Å². The zero-order chi connectivity index (χ0) is 15.3. The van der Waals surface area contributed by atoms with Crippen LogP contribution in [0.2, 0.25) is 0 Å². The second-order valence-corrected chi connectivity index (χ2v) is 7.29. The summed E-state index contributed by atoms with van der Waals surface area (Å²) in [6, 6.07) is 14.8. The fraction of sp³-hybridized carbons (Fsp3) is 0.444. The number of nitrogens with zero attached hydrogens (tertiary/aromatic N) is 1. The first-order valence-electron chi connectivity index (χ1n) is 7.58. The summed E-state index contributed by atoms with van der Waals surface area (Å²) >= 11 is 1.82. The van der Waals surface area contributed by atoms with Gasteiger partial charge in [-0.1, -0.05) is 57.2 Å². The van der Waals surface area contributed by atoms with Crippen molar-refractivity contribution in [1.82, 2.24) is 4.90 Å². The molecule has 0 radical (unpaired) electrons. The summed E-state index contributed by atoms with van der Waals surface area (Å²) in [6.45, 7) is 9.81. The van der Waals surface area contributed by atoms with Crippen molar-refractivity contribution < 1.29 is 0 Å². The minimum atomic E-state index is 0.0363. The van der Waals surface area contributed by atoms with Crippen molar-refractivity contribution in [2.75, 3.05) is 13.1 Å². The summed E-state index contributed by atoms with van der Waals surface area (Å²) in [4.78, 5) is 3.90. The highest BCUT2D eigenvalue weighted by Gasteiger charge is 2.29. The lowest BCUT2D eigenvalue weighted by Gasteiger charge is -2.36. The van der Waals surface area contributed by atoms with Gasteiger partial charge in [-0.25, -0.2) is 0 Å². The molecule has 2 N–H and O–H groups in total. The van der Waals surface area contributed by atoms with Gasteiger partial charge in [0, 0.05) is 24.0 Å². The van der Waals surface area contributed by atoms with Crippen LogP contribution < -0.4 is 5.73 Å². The van der Waals surface area contributed by atoms with Crippen molar-refractivity contribution in [1.29, 1.82) is 0 Å². The maximum absolute atomic E-state index is 6.53. The molecule has 0 amide bonds. The van der Waals surface area contributed by atoms with Gasteiger partial charge in [-0.3, -0.25) is 4.90 Å². The monoisotopic (exact) mass is 302 g/mol. The number of nitrogens with two attached hydrogens (primary N) is 1. The van der Waals surface area contributed by atoms with E-state index < -0.39 is 0 Å². The van der Waals surface area contributed by atoms with E-state index in [1.165, 1.54) is 10.4 Å². The Balaban J connectivity index is 2.04. The highest BCUT2D eigenvalue weighted by Crippen LogP contribution is 2.32. The Morgan fingerprint density at radius 2 is 1.86 bits per heavy atom. The molecular formula is C18H26N2S. The number of benzene rings is 1. The zero-order valence-electron chi connectivity index (χ0n) is 13.3. The SMILES string of the molecule is CCN(Cc1cccs1)CC(C)(C)C(N)c1ccccc1. The lowest BCUT2D eigenvalue weighted by molar-refractivity contribution is 0.152. The van der Waals surface area contributed by atoms with E-state index in [-0.39, 0.29) is 11.5 Å². The molecule has 3 heteroatoms. The van der Waals surface area contributed by atoms with E-state index in [1.807, 2.05) is 17.4 Å². The van der Waals surface area contributed by atoms with Gasteiger partial charge >= 0.3 is 0 Å². The number of hydrogen-bond donors (Lipinski definition) is 1. The first-order valence-corrected chi connectivity index (χ1v) is 8.46. The molecule has 2 rings (SSSR count). The van der Waals surface area contributed by atoms with E-state index in [2.05, 4.69) is 67.4 Å². The Bertz CT molecular complexity index is 519. The number of thiophene rings is 1. The van der Waals surface area contributed by atoms with Gasteiger partial charge < -0.3 is 5.73 Å². The predicted octanol–water partition coefficient (Wildman–Crippen LogP) is 4.30. The van der Waals surface area contributed by atoms with Crippen LogP contribution in [0.3, 0.4) is 0 Å². The van der Waals surface area contributed by atoms with E-state index in [4.69, 9.17) is 5.73 Å². The molecule has 1 unspecified atom stereocenters. The molecule has 114 valence electrons. The topological polar surface area (TPSA) is 29.3 Å². The molecule has 21 heavy (non-hydrogen) atoms. The molecule has 2 aromatic rings. The third-order valence-corrected chi connectivity index (χ3v) is 4.90. The number of rotatable bonds is 7. The smallest absolute Gasteiger partial charge is 0.0359 e. The van der Waals surface area contributed by atoms with E-state index in [0.29, 0.717) is 0 Å². The minimum absolute atomic E-state index is 0.0363. The zero-order valence-corrected chi connectivity index (χ0v) is 14.1. The molecular weight excluding hydrogens is 276 g/mol. The van der Waals surface area contributed by atoms with Crippen molar-refractivity contribution in [2.45, 2.75) is 33.4 Å². The van der Waals surface area contributed by atoms with Gasteiger partial charge in [0.2, 0.25) is 0 Å². The maximum Gasteiger partial charge on any atom is 0.0359 e. The van der Waals surface area contributed by atoms with Crippen LogP contribution in [-0.4, -0.2) is 18.0 Å². The molecule has 2 nitrogen and oxygen atoms in total. The molecule has 1 heterocycles. The van der Waals surface area contributed by atoms with E-state index in [9.17, 15) is 0 Å². The minimum Gasteiger partial charge on any atom is -0.323 e. The van der Waals surface area contributed by atoms with Gasteiger partial charge in [0.1, 0.15) is 0 Å². The Morgan fingerprint density at radius 3 is 2.43 bits per heavy atom. The van der Waals surface area contributed by atoms with Gasteiger partial charge in [0.05, 0.1) is 0 Å². The molecule has 1 aromatic carbocycles. The van der Waals surface area contributed by atoms with Gasteiger partial charge in [0.15, 0.2) is 0 Å². The summed E-state index contributed by atoms with van der Waals surface area (Å²) in [7, 11) is 0. The summed E-state index contributed by atoms with van der Waals surface area (Å²) in [5.41, 5.74) is 7.78. The molecule has 0 aliphatic heterocycles. The van der Waals surface area contributed by atoms with Crippen LogP contribution >= 0.6 is 11.3 Å². The van der Waals surface area contributed by atoms with Crippen LogP contribution in [0.4, 0.5) is 0 Å². The Hall–Kier alpha value is -1.16. The van der Waals surface area contributed by atoms with Crippen LogP contribution in [0.1, 0.15) is 37.3 Å². The molecule has 0 saturated carbocycles. The van der Waals surface area contributed by atoms with Crippen LogP contribution in [0, 0.1) is 5.41 Å². The van der Waals surface area contributed by atoms with Gasteiger partial charge in [-0.2, -0.15) is 0 Å². The van der Waals surface area contributed by atoms with Crippen molar-refractivity contribution in [2.24, 2.45) is 11.1 Å². The highest BCUT2D eigenvalue weighted by molar-refractivity contribution is 7.09. The fourth-order valence-corrected chi connectivity index (χ4v) is 3.43. The number of hydrogen-bond acceptors (Lipinski definition) is 3. The van der Waals surface area contributed by atoms with E-state index >= 15 is 0 Å². The van der Waals surface area contributed by atoms with Crippen molar-refractivity contribution >= 4 is 11.3 Å². The van der Waals surface area contributed by atoms with Crippen LogP contribution in [0.25, 0.3) is 0 Å². The van der Waals surface area contributed by atoms with E-state index in [0.717, 1.165) is 19.6 Å². The van der Waals surface area contributed by atoms with Crippen molar-refractivity contribution in [3.63, 3.8) is 0 Å². The van der Waals surface area contributed by atoms with E-state index in [1.54, 1.807) is 0 Å². The van der Waals surface area contributed by atoms with Crippen molar-refractivity contribution in [3.05, 3.63) is 58.3 Å². The molecule has 0 bridgehead atoms. The molecule has 0 fully saturated rings.